The Morgan fingerprint density at radius 1 is 0.944 bits per heavy atom. The lowest BCUT2D eigenvalue weighted by molar-refractivity contribution is 0.514. The summed E-state index contributed by atoms with van der Waals surface area (Å²) in [5.74, 6) is 0.945. The van der Waals surface area contributed by atoms with E-state index in [-0.39, 0.29) is 6.04 Å². The Morgan fingerprint density at radius 3 is 2.61 bits per heavy atom. The Morgan fingerprint density at radius 2 is 1.81 bits per heavy atom. The van der Waals surface area contributed by atoms with Crippen LogP contribution in [0.15, 0.2) is 54.9 Å². The van der Waals surface area contributed by atoms with Gasteiger partial charge in [0.25, 0.3) is 0 Å². The summed E-state index contributed by atoms with van der Waals surface area (Å²) >= 11 is 1.75. The molecule has 0 amide bonds. The van der Waals surface area contributed by atoms with Crippen LogP contribution in [0.3, 0.4) is 0 Å². The summed E-state index contributed by atoms with van der Waals surface area (Å²) in [5.41, 5.74) is 13.5. The summed E-state index contributed by atoms with van der Waals surface area (Å²) < 4.78 is 0. The topological polar surface area (TPSA) is 112 Å². The van der Waals surface area contributed by atoms with Crippen LogP contribution in [0.25, 0.3) is 55.2 Å². The number of thiophene rings is 1. The van der Waals surface area contributed by atoms with Gasteiger partial charge in [-0.05, 0) is 61.9 Å². The van der Waals surface area contributed by atoms with Crippen LogP contribution in [0.2, 0.25) is 0 Å². The van der Waals surface area contributed by atoms with E-state index in [1.807, 2.05) is 18.5 Å². The van der Waals surface area contributed by atoms with E-state index in [9.17, 15) is 0 Å². The fourth-order valence-corrected chi connectivity index (χ4v) is 5.72. The number of nitrogens with two attached hydrogens (primary N) is 1. The third-order valence-corrected chi connectivity index (χ3v) is 7.68. The number of nitrogens with one attached hydrogen (secondary N) is 2. The van der Waals surface area contributed by atoms with Crippen molar-refractivity contribution in [3.05, 3.63) is 65.3 Å². The zero-order valence-corrected chi connectivity index (χ0v) is 20.7. The summed E-state index contributed by atoms with van der Waals surface area (Å²) in [4.78, 5) is 22.4. The van der Waals surface area contributed by atoms with Gasteiger partial charge in [0.2, 0.25) is 0 Å². The molecular formula is C27H24N8S. The van der Waals surface area contributed by atoms with Crippen LogP contribution in [0, 0.1) is 13.8 Å². The summed E-state index contributed by atoms with van der Waals surface area (Å²) in [7, 11) is 0. The lowest BCUT2D eigenvalue weighted by Gasteiger charge is -2.38. The van der Waals surface area contributed by atoms with Crippen molar-refractivity contribution in [2.24, 2.45) is 5.73 Å². The first-order valence-electron chi connectivity index (χ1n) is 11.9. The molecule has 8 nitrogen and oxygen atoms in total. The number of hydrogen-bond acceptors (Lipinski definition) is 7. The number of hydrogen-bond donors (Lipinski definition) is 3. The second-order valence-electron chi connectivity index (χ2n) is 9.45. The second kappa shape index (κ2) is 7.97. The molecule has 36 heavy (non-hydrogen) atoms. The van der Waals surface area contributed by atoms with Crippen molar-refractivity contribution in [2.75, 3.05) is 18.0 Å². The quantitative estimate of drug-likeness (QED) is 0.317. The van der Waals surface area contributed by atoms with Crippen LogP contribution in [0.4, 0.5) is 5.82 Å². The van der Waals surface area contributed by atoms with Gasteiger partial charge in [-0.2, -0.15) is 5.10 Å². The molecule has 1 fully saturated rings. The average Bonchev–Trinajstić information content (AvgIpc) is 3.58. The zero-order valence-electron chi connectivity index (χ0n) is 19.9. The lowest BCUT2D eigenvalue weighted by atomic mass is 10.1. The molecule has 1 aliphatic rings. The number of rotatable bonds is 4. The Bertz CT molecular complexity index is 1750. The molecule has 0 aliphatic carbocycles. The minimum absolute atomic E-state index is 0.217. The molecule has 1 aliphatic heterocycles. The largest absolute Gasteiger partial charge is 0.353 e. The zero-order chi connectivity index (χ0) is 24.4. The predicted octanol–water partition coefficient (Wildman–Crippen LogP) is 5.06. The highest BCUT2D eigenvalue weighted by Gasteiger charge is 2.25. The third kappa shape index (κ3) is 3.47. The number of anilines is 1. The van der Waals surface area contributed by atoms with E-state index in [1.165, 1.54) is 4.88 Å². The van der Waals surface area contributed by atoms with Gasteiger partial charge in [0.15, 0.2) is 0 Å². The van der Waals surface area contributed by atoms with E-state index in [1.54, 1.807) is 11.3 Å². The van der Waals surface area contributed by atoms with Crippen molar-refractivity contribution in [1.82, 2.24) is 30.1 Å². The van der Waals surface area contributed by atoms with Gasteiger partial charge < -0.3 is 15.6 Å². The standard InChI is InChI=1S/C27H24N8S/c1-14-7-21(32-25(8-14)35-12-16(28)13-35)20-9-18-23(11-30-20)33-34-26(18)22-10-17-19(31-22)5-6-29-27(17)24-4-3-15(2)36-24/h3-11,16,31H,12-13,28H2,1-2H3,(H,33,34). The highest BCUT2D eigenvalue weighted by molar-refractivity contribution is 7.15. The first kappa shape index (κ1) is 21.2. The molecule has 4 N–H and O–H groups in total. The van der Waals surface area contributed by atoms with Crippen LogP contribution in [-0.4, -0.2) is 49.3 Å². The maximum Gasteiger partial charge on any atom is 0.129 e. The molecule has 178 valence electrons. The van der Waals surface area contributed by atoms with Gasteiger partial charge in [0, 0.05) is 46.5 Å². The Labute approximate surface area is 211 Å². The first-order valence-corrected chi connectivity index (χ1v) is 12.7. The summed E-state index contributed by atoms with van der Waals surface area (Å²) in [5, 5.41) is 9.85. The normalized spacial score (nSPS) is 14.1. The minimum atomic E-state index is 0.217. The maximum atomic E-state index is 5.99. The van der Waals surface area contributed by atoms with Crippen molar-refractivity contribution in [1.29, 1.82) is 0 Å². The molecule has 1 saturated heterocycles. The van der Waals surface area contributed by atoms with Crippen LogP contribution in [0.5, 0.6) is 0 Å². The van der Waals surface area contributed by atoms with Crippen molar-refractivity contribution < 1.29 is 0 Å². The van der Waals surface area contributed by atoms with Crippen molar-refractivity contribution in [2.45, 2.75) is 19.9 Å². The number of fused-ring (bicyclic) bond motifs is 2. The van der Waals surface area contributed by atoms with E-state index in [0.29, 0.717) is 0 Å². The van der Waals surface area contributed by atoms with E-state index in [4.69, 9.17) is 10.7 Å². The fourth-order valence-electron chi connectivity index (χ4n) is 4.84. The average molecular weight is 493 g/mol. The fraction of sp³-hybridized carbons (Fsp3) is 0.185. The number of aryl methyl sites for hydroxylation is 2. The Hall–Kier alpha value is -4.08. The number of pyridine rings is 3. The Kier molecular flexibility index (Phi) is 4.70. The van der Waals surface area contributed by atoms with Gasteiger partial charge in [-0.25, -0.2) is 4.98 Å². The molecule has 0 spiro atoms. The van der Waals surface area contributed by atoms with Crippen LogP contribution in [0.1, 0.15) is 10.4 Å². The minimum Gasteiger partial charge on any atom is -0.353 e. The summed E-state index contributed by atoms with van der Waals surface area (Å²) in [6.07, 6.45) is 3.68. The Balaban J connectivity index is 1.32. The highest BCUT2D eigenvalue weighted by atomic mass is 32.1. The van der Waals surface area contributed by atoms with Gasteiger partial charge in [-0.1, -0.05) is 0 Å². The molecule has 9 heteroatoms. The third-order valence-electron chi connectivity index (χ3n) is 6.68. The number of aromatic nitrogens is 6. The predicted molar refractivity (Wildman–Crippen MR) is 145 cm³/mol. The molecule has 7 heterocycles. The molecule has 6 aromatic heterocycles. The van der Waals surface area contributed by atoms with Crippen molar-refractivity contribution in [3.63, 3.8) is 0 Å². The summed E-state index contributed by atoms with van der Waals surface area (Å²) in [6.45, 7) is 5.86. The number of aromatic amines is 2. The van der Waals surface area contributed by atoms with Gasteiger partial charge in [-0.15, -0.1) is 11.3 Å². The maximum absolute atomic E-state index is 5.99. The molecular weight excluding hydrogens is 468 g/mol. The van der Waals surface area contributed by atoms with E-state index in [0.717, 1.165) is 79.6 Å². The molecule has 0 unspecified atom stereocenters. The van der Waals surface area contributed by atoms with E-state index < -0.39 is 0 Å². The monoisotopic (exact) mass is 492 g/mol. The SMILES string of the molecule is Cc1cc(-c2cc3c(-c4cc5c(-c6ccc(C)s6)nccc5[nH]4)n[nH]c3cn2)nc(N2CC(N)C2)c1. The van der Waals surface area contributed by atoms with Crippen molar-refractivity contribution >= 4 is 39.0 Å². The van der Waals surface area contributed by atoms with E-state index in [2.05, 4.69) is 80.3 Å². The summed E-state index contributed by atoms with van der Waals surface area (Å²) in [6, 6.07) is 14.9. The van der Waals surface area contributed by atoms with Gasteiger partial charge >= 0.3 is 0 Å². The van der Waals surface area contributed by atoms with Gasteiger partial charge in [0.05, 0.1) is 39.4 Å². The van der Waals surface area contributed by atoms with Crippen LogP contribution in [-0.2, 0) is 0 Å². The molecule has 0 aromatic carbocycles. The van der Waals surface area contributed by atoms with E-state index >= 15 is 0 Å². The van der Waals surface area contributed by atoms with Gasteiger partial charge in [0.1, 0.15) is 11.5 Å². The van der Waals surface area contributed by atoms with Crippen LogP contribution >= 0.6 is 11.3 Å². The molecule has 0 atom stereocenters. The van der Waals surface area contributed by atoms with Crippen LogP contribution < -0.4 is 10.6 Å². The number of H-pyrrole nitrogens is 2. The van der Waals surface area contributed by atoms with Crippen molar-refractivity contribution in [3.8, 4) is 33.3 Å². The number of nitrogens with zero attached hydrogens (tertiary/aromatic N) is 5. The molecule has 0 saturated carbocycles. The lowest BCUT2D eigenvalue weighted by Crippen LogP contribution is -2.56. The highest BCUT2D eigenvalue weighted by Crippen LogP contribution is 2.36. The molecule has 6 aromatic rings. The molecule has 0 radical (unpaired) electrons. The van der Waals surface area contributed by atoms with Gasteiger partial charge in [-0.3, -0.25) is 15.1 Å². The molecule has 0 bridgehead atoms. The smallest absolute Gasteiger partial charge is 0.129 e. The first-order chi connectivity index (χ1) is 17.5. The second-order valence-corrected chi connectivity index (χ2v) is 10.7. The molecule has 7 rings (SSSR count).